The molecule has 0 aliphatic rings. The third-order valence-corrected chi connectivity index (χ3v) is 3.03. The molecule has 1 nitrogen and oxygen atoms in total. The summed E-state index contributed by atoms with van der Waals surface area (Å²) in [6.45, 7) is 3.76. The van der Waals surface area contributed by atoms with Gasteiger partial charge in [-0.2, -0.15) is 0 Å². The highest BCUT2D eigenvalue weighted by Crippen LogP contribution is 2.28. The summed E-state index contributed by atoms with van der Waals surface area (Å²) in [6, 6.07) is 11.1. The Bertz CT molecular complexity index is 533. The fraction of sp³-hybridized carbons (Fsp3) is 0.200. The summed E-state index contributed by atoms with van der Waals surface area (Å²) in [5, 5.41) is 4.88. The second-order valence-corrected chi connectivity index (χ2v) is 4.05. The number of rotatable bonds is 4. The van der Waals surface area contributed by atoms with E-state index in [1.54, 1.807) is 0 Å². The lowest BCUT2D eigenvalue weighted by Crippen LogP contribution is -2.15. The van der Waals surface area contributed by atoms with E-state index < -0.39 is 0 Å². The third-order valence-electron chi connectivity index (χ3n) is 3.03. The molecule has 0 aromatic heterocycles. The molecule has 0 saturated carbocycles. The number of nitrogens with one attached hydrogen (secondary N) is 1. The standard InChI is InChI=1S/C15H16FN/c1-3-6-15(17-2)13-9-10-14(16)12-8-5-4-7-11(12)13/h3-5,7-10,15,17H,1,6H2,2H3. The fourth-order valence-corrected chi connectivity index (χ4v) is 2.16. The van der Waals surface area contributed by atoms with Gasteiger partial charge in [0.25, 0.3) is 0 Å². The molecule has 1 N–H and O–H groups in total. The summed E-state index contributed by atoms with van der Waals surface area (Å²) in [5.74, 6) is -0.169. The lowest BCUT2D eigenvalue weighted by Gasteiger charge is -2.17. The Labute approximate surface area is 101 Å². The molecule has 2 aromatic rings. The van der Waals surface area contributed by atoms with E-state index in [2.05, 4.69) is 11.9 Å². The Morgan fingerprint density at radius 2 is 1.94 bits per heavy atom. The van der Waals surface area contributed by atoms with Crippen LogP contribution < -0.4 is 5.32 Å². The first kappa shape index (κ1) is 11.8. The fourth-order valence-electron chi connectivity index (χ4n) is 2.16. The molecule has 1 unspecified atom stereocenters. The zero-order chi connectivity index (χ0) is 12.3. The molecule has 0 spiro atoms. The molecule has 1 atom stereocenters. The maximum absolute atomic E-state index is 13.7. The Hall–Kier alpha value is -1.67. The van der Waals surface area contributed by atoms with Gasteiger partial charge in [-0.25, -0.2) is 4.39 Å². The van der Waals surface area contributed by atoms with Crippen molar-refractivity contribution >= 4 is 10.8 Å². The highest BCUT2D eigenvalue weighted by atomic mass is 19.1. The minimum absolute atomic E-state index is 0.169. The number of hydrogen-bond donors (Lipinski definition) is 1. The number of fused-ring (bicyclic) bond motifs is 1. The zero-order valence-corrected chi connectivity index (χ0v) is 9.91. The smallest absolute Gasteiger partial charge is 0.131 e. The van der Waals surface area contributed by atoms with Crippen LogP contribution in [0.5, 0.6) is 0 Å². The molecule has 0 heterocycles. The van der Waals surface area contributed by atoms with Crippen molar-refractivity contribution in [3.8, 4) is 0 Å². The highest BCUT2D eigenvalue weighted by Gasteiger charge is 2.12. The van der Waals surface area contributed by atoms with Crippen LogP contribution in [0, 0.1) is 5.82 Å². The van der Waals surface area contributed by atoms with Gasteiger partial charge in [0.1, 0.15) is 5.82 Å². The van der Waals surface area contributed by atoms with Crippen molar-refractivity contribution in [2.75, 3.05) is 7.05 Å². The quantitative estimate of drug-likeness (QED) is 0.786. The first-order valence-corrected chi connectivity index (χ1v) is 5.73. The van der Waals surface area contributed by atoms with E-state index in [0.717, 1.165) is 17.4 Å². The van der Waals surface area contributed by atoms with Crippen molar-refractivity contribution in [3.05, 3.63) is 60.4 Å². The van der Waals surface area contributed by atoms with Crippen LogP contribution in [0.4, 0.5) is 4.39 Å². The monoisotopic (exact) mass is 229 g/mol. The molecule has 2 heteroatoms. The molecule has 0 bridgehead atoms. The lowest BCUT2D eigenvalue weighted by molar-refractivity contribution is 0.603. The van der Waals surface area contributed by atoms with Crippen LogP contribution in [0.1, 0.15) is 18.0 Å². The number of halogens is 1. The summed E-state index contributed by atoms with van der Waals surface area (Å²) in [7, 11) is 1.91. The van der Waals surface area contributed by atoms with Gasteiger partial charge in [0.05, 0.1) is 0 Å². The van der Waals surface area contributed by atoms with Crippen LogP contribution in [-0.4, -0.2) is 7.05 Å². The third kappa shape index (κ3) is 2.22. The van der Waals surface area contributed by atoms with Gasteiger partial charge in [-0.1, -0.05) is 36.4 Å². The molecule has 0 saturated heterocycles. The molecule has 0 radical (unpaired) electrons. The molecular formula is C15H16FN. The van der Waals surface area contributed by atoms with Crippen LogP contribution in [0.3, 0.4) is 0 Å². The predicted octanol–water partition coefficient (Wildman–Crippen LogP) is 3.82. The molecule has 0 aliphatic heterocycles. The second-order valence-electron chi connectivity index (χ2n) is 4.05. The first-order valence-electron chi connectivity index (χ1n) is 5.73. The van der Waals surface area contributed by atoms with E-state index >= 15 is 0 Å². The Morgan fingerprint density at radius 3 is 2.59 bits per heavy atom. The van der Waals surface area contributed by atoms with Crippen LogP contribution >= 0.6 is 0 Å². The minimum atomic E-state index is -0.169. The number of hydrogen-bond acceptors (Lipinski definition) is 1. The van der Waals surface area contributed by atoms with Gasteiger partial charge in [-0.3, -0.25) is 0 Å². The van der Waals surface area contributed by atoms with Crippen molar-refractivity contribution in [1.29, 1.82) is 0 Å². The Balaban J connectivity index is 2.61. The Kier molecular flexibility index (Phi) is 3.55. The van der Waals surface area contributed by atoms with E-state index in [-0.39, 0.29) is 11.9 Å². The van der Waals surface area contributed by atoms with Gasteiger partial charge < -0.3 is 5.32 Å². The van der Waals surface area contributed by atoms with E-state index in [9.17, 15) is 4.39 Å². The minimum Gasteiger partial charge on any atom is -0.313 e. The van der Waals surface area contributed by atoms with Gasteiger partial charge in [0, 0.05) is 11.4 Å². The first-order chi connectivity index (χ1) is 8.27. The van der Waals surface area contributed by atoms with E-state index in [1.807, 2.05) is 43.5 Å². The molecule has 0 aliphatic carbocycles. The van der Waals surface area contributed by atoms with Crippen LogP contribution in [0.15, 0.2) is 49.1 Å². The molecule has 0 fully saturated rings. The molecule has 2 aromatic carbocycles. The molecule has 0 amide bonds. The second kappa shape index (κ2) is 5.11. The average molecular weight is 229 g/mol. The van der Waals surface area contributed by atoms with Crippen LogP contribution in [-0.2, 0) is 0 Å². The van der Waals surface area contributed by atoms with E-state index in [4.69, 9.17) is 0 Å². The van der Waals surface area contributed by atoms with Crippen molar-refractivity contribution in [2.24, 2.45) is 0 Å². The maximum atomic E-state index is 13.7. The normalized spacial score (nSPS) is 12.6. The summed E-state index contributed by atoms with van der Waals surface area (Å²) >= 11 is 0. The summed E-state index contributed by atoms with van der Waals surface area (Å²) in [4.78, 5) is 0. The summed E-state index contributed by atoms with van der Waals surface area (Å²) in [5.41, 5.74) is 1.12. The van der Waals surface area contributed by atoms with E-state index in [1.165, 1.54) is 6.07 Å². The zero-order valence-electron chi connectivity index (χ0n) is 9.91. The molecule has 17 heavy (non-hydrogen) atoms. The van der Waals surface area contributed by atoms with Crippen molar-refractivity contribution in [3.63, 3.8) is 0 Å². The molecular weight excluding hydrogens is 213 g/mol. The largest absolute Gasteiger partial charge is 0.313 e. The van der Waals surface area contributed by atoms with Gasteiger partial charge in [-0.05, 0) is 30.5 Å². The van der Waals surface area contributed by atoms with Gasteiger partial charge in [-0.15, -0.1) is 6.58 Å². The van der Waals surface area contributed by atoms with Crippen molar-refractivity contribution < 1.29 is 4.39 Å². The summed E-state index contributed by atoms with van der Waals surface area (Å²) < 4.78 is 13.7. The predicted molar refractivity (Wildman–Crippen MR) is 70.5 cm³/mol. The average Bonchev–Trinajstić information content (AvgIpc) is 2.37. The van der Waals surface area contributed by atoms with E-state index in [0.29, 0.717) is 5.39 Å². The van der Waals surface area contributed by atoms with Crippen LogP contribution in [0.25, 0.3) is 10.8 Å². The van der Waals surface area contributed by atoms with Crippen LogP contribution in [0.2, 0.25) is 0 Å². The van der Waals surface area contributed by atoms with Gasteiger partial charge in [0.2, 0.25) is 0 Å². The van der Waals surface area contributed by atoms with Gasteiger partial charge in [0.15, 0.2) is 0 Å². The lowest BCUT2D eigenvalue weighted by atomic mass is 9.96. The topological polar surface area (TPSA) is 12.0 Å². The SMILES string of the molecule is C=CCC(NC)c1ccc(F)c2ccccc12. The Morgan fingerprint density at radius 1 is 1.24 bits per heavy atom. The molecule has 88 valence electrons. The number of benzene rings is 2. The highest BCUT2D eigenvalue weighted by molar-refractivity contribution is 5.86. The van der Waals surface area contributed by atoms with Crippen molar-refractivity contribution in [2.45, 2.75) is 12.5 Å². The summed E-state index contributed by atoms with van der Waals surface area (Å²) in [6.07, 6.45) is 2.70. The van der Waals surface area contributed by atoms with Gasteiger partial charge >= 0.3 is 0 Å². The maximum Gasteiger partial charge on any atom is 0.131 e. The molecule has 2 rings (SSSR count). The van der Waals surface area contributed by atoms with Crippen molar-refractivity contribution in [1.82, 2.24) is 5.32 Å².